The van der Waals surface area contributed by atoms with Crippen LogP contribution in [0.5, 0.6) is 0 Å². The number of aliphatic hydroxyl groups excluding tert-OH is 1. The Hall–Kier alpha value is -0.130. The van der Waals surface area contributed by atoms with Crippen molar-refractivity contribution in [2.24, 2.45) is 5.92 Å². The van der Waals surface area contributed by atoms with Gasteiger partial charge in [0.15, 0.2) is 0 Å². The molecule has 1 N–H and O–H groups in total. The van der Waals surface area contributed by atoms with Crippen LogP contribution in [0.1, 0.15) is 27.2 Å². The molecule has 0 bridgehead atoms. The zero-order valence-electron chi connectivity index (χ0n) is 9.23. The third-order valence-corrected chi connectivity index (χ3v) is 3.87. The van der Waals surface area contributed by atoms with Crippen LogP contribution in [0.3, 0.4) is 0 Å². The van der Waals surface area contributed by atoms with Crippen LogP contribution in [0, 0.1) is 5.92 Å². The second kappa shape index (κ2) is 6.37. The Balaban J connectivity index is 4.34. The molecule has 0 aliphatic carbocycles. The normalized spacial score (nSPS) is 12.7. The molecule has 86 valence electrons. The number of nitrogens with zero attached hydrogens (tertiary/aromatic N) is 1. The highest BCUT2D eigenvalue weighted by Crippen LogP contribution is 2.06. The standard InChI is InChI=1S/C9H21NO3S/c1-4-10(8-9(2)3)14(12,13)7-5-6-11/h9,11H,4-8H2,1-3H3. The lowest BCUT2D eigenvalue weighted by Crippen LogP contribution is -2.35. The van der Waals surface area contributed by atoms with Crippen LogP contribution < -0.4 is 0 Å². The summed E-state index contributed by atoms with van der Waals surface area (Å²) < 4.78 is 24.8. The number of hydrogen-bond acceptors (Lipinski definition) is 3. The summed E-state index contributed by atoms with van der Waals surface area (Å²) in [6.45, 7) is 6.81. The Morgan fingerprint density at radius 3 is 2.29 bits per heavy atom. The van der Waals surface area contributed by atoms with E-state index in [2.05, 4.69) is 0 Å². The van der Waals surface area contributed by atoms with Crippen molar-refractivity contribution in [1.29, 1.82) is 0 Å². The maximum absolute atomic E-state index is 11.7. The van der Waals surface area contributed by atoms with Crippen molar-refractivity contribution < 1.29 is 13.5 Å². The van der Waals surface area contributed by atoms with E-state index in [4.69, 9.17) is 5.11 Å². The van der Waals surface area contributed by atoms with Gasteiger partial charge in [0.2, 0.25) is 10.0 Å². The molecule has 0 fully saturated rings. The predicted octanol–water partition coefficient (Wildman–Crippen LogP) is 0.677. The first-order chi connectivity index (χ1) is 6.44. The van der Waals surface area contributed by atoms with E-state index < -0.39 is 10.0 Å². The summed E-state index contributed by atoms with van der Waals surface area (Å²) >= 11 is 0. The first kappa shape index (κ1) is 13.9. The molecule has 0 rings (SSSR count). The zero-order chi connectivity index (χ0) is 11.2. The van der Waals surface area contributed by atoms with Gasteiger partial charge in [-0.05, 0) is 12.3 Å². The molecule has 4 nitrogen and oxygen atoms in total. The van der Waals surface area contributed by atoms with Gasteiger partial charge in [-0.3, -0.25) is 0 Å². The Labute approximate surface area is 87.0 Å². The van der Waals surface area contributed by atoms with Gasteiger partial charge in [0.25, 0.3) is 0 Å². The lowest BCUT2D eigenvalue weighted by Gasteiger charge is -2.22. The first-order valence-electron chi connectivity index (χ1n) is 5.02. The summed E-state index contributed by atoms with van der Waals surface area (Å²) in [4.78, 5) is 0. The average Bonchev–Trinajstić information content (AvgIpc) is 2.10. The molecule has 0 aliphatic rings. The zero-order valence-corrected chi connectivity index (χ0v) is 10.0. The number of rotatable bonds is 7. The summed E-state index contributed by atoms with van der Waals surface area (Å²) in [5.74, 6) is 0.378. The van der Waals surface area contributed by atoms with Crippen molar-refractivity contribution in [3.05, 3.63) is 0 Å². The summed E-state index contributed by atoms with van der Waals surface area (Å²) in [7, 11) is -3.16. The molecular formula is C9H21NO3S. The fraction of sp³-hybridized carbons (Fsp3) is 1.00. The van der Waals surface area contributed by atoms with Crippen molar-refractivity contribution in [2.75, 3.05) is 25.4 Å². The maximum atomic E-state index is 11.7. The predicted molar refractivity (Wildman–Crippen MR) is 57.6 cm³/mol. The third-order valence-electron chi connectivity index (χ3n) is 1.88. The SMILES string of the molecule is CCN(CC(C)C)S(=O)(=O)CCCO. The second-order valence-electron chi connectivity index (χ2n) is 3.74. The summed E-state index contributed by atoms with van der Waals surface area (Å²) in [5, 5.41) is 8.58. The van der Waals surface area contributed by atoms with Crippen LogP contribution in [0.4, 0.5) is 0 Å². The lowest BCUT2D eigenvalue weighted by molar-refractivity contribution is 0.293. The Kier molecular flexibility index (Phi) is 6.31. The van der Waals surface area contributed by atoms with Crippen molar-refractivity contribution in [3.8, 4) is 0 Å². The molecular weight excluding hydrogens is 202 g/mol. The molecule has 5 heteroatoms. The van der Waals surface area contributed by atoms with Gasteiger partial charge in [-0.1, -0.05) is 20.8 Å². The van der Waals surface area contributed by atoms with Crippen LogP contribution in [0.25, 0.3) is 0 Å². The number of hydrogen-bond donors (Lipinski definition) is 1. The van der Waals surface area contributed by atoms with Gasteiger partial charge < -0.3 is 5.11 Å². The lowest BCUT2D eigenvalue weighted by atomic mass is 10.2. The molecule has 0 amide bonds. The molecule has 0 atom stereocenters. The van der Waals surface area contributed by atoms with E-state index in [-0.39, 0.29) is 12.4 Å². The highest BCUT2D eigenvalue weighted by Gasteiger charge is 2.20. The molecule has 0 saturated carbocycles. The summed E-state index contributed by atoms with van der Waals surface area (Å²) in [6, 6.07) is 0. The van der Waals surface area contributed by atoms with Gasteiger partial charge in [0.1, 0.15) is 0 Å². The van der Waals surface area contributed by atoms with E-state index in [1.165, 1.54) is 4.31 Å². The van der Waals surface area contributed by atoms with Crippen LogP contribution in [-0.2, 0) is 10.0 Å². The minimum Gasteiger partial charge on any atom is -0.396 e. The largest absolute Gasteiger partial charge is 0.396 e. The van der Waals surface area contributed by atoms with Crippen LogP contribution in [0.2, 0.25) is 0 Å². The molecule has 0 heterocycles. The van der Waals surface area contributed by atoms with Crippen molar-refractivity contribution in [3.63, 3.8) is 0 Å². The molecule has 0 aromatic heterocycles. The van der Waals surface area contributed by atoms with Gasteiger partial charge in [-0.15, -0.1) is 0 Å². The topological polar surface area (TPSA) is 57.6 Å². The van der Waals surface area contributed by atoms with Crippen LogP contribution in [0.15, 0.2) is 0 Å². The van der Waals surface area contributed by atoms with Crippen LogP contribution in [-0.4, -0.2) is 43.3 Å². The molecule has 0 aromatic rings. The maximum Gasteiger partial charge on any atom is 0.214 e. The van der Waals surface area contributed by atoms with Crippen LogP contribution >= 0.6 is 0 Å². The first-order valence-corrected chi connectivity index (χ1v) is 6.63. The van der Waals surface area contributed by atoms with E-state index in [9.17, 15) is 8.42 Å². The van der Waals surface area contributed by atoms with Gasteiger partial charge in [0, 0.05) is 19.7 Å². The Bertz CT molecular complexity index is 236. The van der Waals surface area contributed by atoms with E-state index >= 15 is 0 Å². The van der Waals surface area contributed by atoms with Gasteiger partial charge in [0.05, 0.1) is 5.75 Å². The highest BCUT2D eigenvalue weighted by atomic mass is 32.2. The van der Waals surface area contributed by atoms with Crippen molar-refractivity contribution in [1.82, 2.24) is 4.31 Å². The molecule has 14 heavy (non-hydrogen) atoms. The Morgan fingerprint density at radius 1 is 1.36 bits per heavy atom. The van der Waals surface area contributed by atoms with E-state index in [0.717, 1.165) is 0 Å². The monoisotopic (exact) mass is 223 g/mol. The second-order valence-corrected chi connectivity index (χ2v) is 5.83. The van der Waals surface area contributed by atoms with Gasteiger partial charge in [-0.2, -0.15) is 0 Å². The third kappa shape index (κ3) is 4.93. The van der Waals surface area contributed by atoms with Gasteiger partial charge in [-0.25, -0.2) is 12.7 Å². The fourth-order valence-electron chi connectivity index (χ4n) is 1.22. The van der Waals surface area contributed by atoms with Crippen molar-refractivity contribution in [2.45, 2.75) is 27.2 Å². The molecule has 0 saturated heterocycles. The summed E-state index contributed by atoms with van der Waals surface area (Å²) in [5.41, 5.74) is 0. The molecule has 0 spiro atoms. The van der Waals surface area contributed by atoms with Gasteiger partial charge >= 0.3 is 0 Å². The summed E-state index contributed by atoms with van der Waals surface area (Å²) in [6.07, 6.45) is 0.316. The molecule has 0 aliphatic heterocycles. The minimum atomic E-state index is -3.16. The van der Waals surface area contributed by atoms with Crippen molar-refractivity contribution >= 4 is 10.0 Å². The minimum absolute atomic E-state index is 0.0457. The molecule has 0 aromatic carbocycles. The van der Waals surface area contributed by atoms with E-state index in [0.29, 0.717) is 25.4 Å². The van der Waals surface area contributed by atoms with E-state index in [1.807, 2.05) is 20.8 Å². The fourth-order valence-corrected chi connectivity index (χ4v) is 2.89. The molecule has 0 radical (unpaired) electrons. The Morgan fingerprint density at radius 2 is 1.93 bits per heavy atom. The molecule has 0 unspecified atom stereocenters. The quantitative estimate of drug-likeness (QED) is 0.690. The number of aliphatic hydroxyl groups is 1. The number of sulfonamides is 1. The van der Waals surface area contributed by atoms with E-state index in [1.54, 1.807) is 0 Å². The smallest absolute Gasteiger partial charge is 0.214 e. The highest BCUT2D eigenvalue weighted by molar-refractivity contribution is 7.89. The average molecular weight is 223 g/mol.